The van der Waals surface area contributed by atoms with Gasteiger partial charge in [-0.2, -0.15) is 4.31 Å². The fraction of sp³-hybridized carbons (Fsp3) is 0.533. The van der Waals surface area contributed by atoms with Crippen molar-refractivity contribution in [1.29, 1.82) is 0 Å². The first-order chi connectivity index (χ1) is 12.5. The van der Waals surface area contributed by atoms with Gasteiger partial charge in [-0.1, -0.05) is 11.3 Å². The van der Waals surface area contributed by atoms with Crippen LogP contribution in [-0.2, 0) is 26.0 Å². The SMILES string of the molecule is O=C(Cc1ccc(S(=O)(=O)N2CCOCC2)s1)Nc1nnc(C2CC2)s1. The summed E-state index contributed by atoms with van der Waals surface area (Å²) in [4.78, 5) is 12.9. The van der Waals surface area contributed by atoms with Gasteiger partial charge in [0, 0.05) is 23.9 Å². The van der Waals surface area contributed by atoms with E-state index in [4.69, 9.17) is 4.74 Å². The quantitative estimate of drug-likeness (QED) is 0.772. The highest BCUT2D eigenvalue weighted by Gasteiger charge is 2.29. The Balaban J connectivity index is 1.38. The minimum Gasteiger partial charge on any atom is -0.379 e. The van der Waals surface area contributed by atoms with Crippen molar-refractivity contribution in [3.63, 3.8) is 0 Å². The Labute approximate surface area is 159 Å². The van der Waals surface area contributed by atoms with Gasteiger partial charge >= 0.3 is 0 Å². The van der Waals surface area contributed by atoms with E-state index in [9.17, 15) is 13.2 Å². The van der Waals surface area contributed by atoms with Crippen LogP contribution >= 0.6 is 22.7 Å². The van der Waals surface area contributed by atoms with E-state index >= 15 is 0 Å². The monoisotopic (exact) mass is 414 g/mol. The number of nitrogens with zero attached hydrogens (tertiary/aromatic N) is 3. The van der Waals surface area contributed by atoms with Crippen molar-refractivity contribution in [2.24, 2.45) is 0 Å². The largest absolute Gasteiger partial charge is 0.379 e. The molecule has 0 unspecified atom stereocenters. The first-order valence-electron chi connectivity index (χ1n) is 8.32. The fourth-order valence-electron chi connectivity index (χ4n) is 2.61. The average Bonchev–Trinajstić information content (AvgIpc) is 3.19. The summed E-state index contributed by atoms with van der Waals surface area (Å²) in [5.41, 5.74) is 0. The molecule has 26 heavy (non-hydrogen) atoms. The molecule has 0 aromatic carbocycles. The summed E-state index contributed by atoms with van der Waals surface area (Å²) in [6.45, 7) is 1.53. The number of anilines is 1. The Kier molecular flexibility index (Phi) is 5.06. The number of carbonyl (C=O) groups is 1. The number of morpholine rings is 1. The molecule has 2 fully saturated rings. The fourth-order valence-corrected chi connectivity index (χ4v) is 6.45. The number of rotatable bonds is 6. The van der Waals surface area contributed by atoms with Crippen molar-refractivity contribution >= 4 is 43.7 Å². The zero-order chi connectivity index (χ0) is 18.1. The minimum atomic E-state index is -3.52. The van der Waals surface area contributed by atoms with Crippen LogP contribution < -0.4 is 5.32 Å². The summed E-state index contributed by atoms with van der Waals surface area (Å²) in [6, 6.07) is 3.25. The maximum Gasteiger partial charge on any atom is 0.252 e. The normalized spacial score (nSPS) is 18.8. The number of hydrogen-bond donors (Lipinski definition) is 1. The molecule has 1 saturated carbocycles. The molecule has 2 aromatic heterocycles. The van der Waals surface area contributed by atoms with Crippen LogP contribution in [0.25, 0.3) is 0 Å². The van der Waals surface area contributed by atoms with Crippen LogP contribution in [0, 0.1) is 0 Å². The van der Waals surface area contributed by atoms with Crippen LogP contribution in [0.15, 0.2) is 16.3 Å². The average molecular weight is 415 g/mol. The number of aromatic nitrogens is 2. The number of carbonyl (C=O) groups excluding carboxylic acids is 1. The Morgan fingerprint density at radius 1 is 1.23 bits per heavy atom. The minimum absolute atomic E-state index is 0.113. The van der Waals surface area contributed by atoms with Crippen molar-refractivity contribution in [3.8, 4) is 0 Å². The topological polar surface area (TPSA) is 101 Å². The molecule has 0 spiro atoms. The smallest absolute Gasteiger partial charge is 0.252 e. The van der Waals surface area contributed by atoms with Crippen LogP contribution in [0.2, 0.25) is 0 Å². The summed E-state index contributed by atoms with van der Waals surface area (Å²) < 4.78 is 32.1. The molecule has 1 aliphatic carbocycles. The predicted molar refractivity (Wildman–Crippen MR) is 98.1 cm³/mol. The van der Waals surface area contributed by atoms with Gasteiger partial charge in [-0.05, 0) is 25.0 Å². The number of ether oxygens (including phenoxy) is 1. The van der Waals surface area contributed by atoms with Crippen LogP contribution in [0.3, 0.4) is 0 Å². The molecule has 1 amide bonds. The summed E-state index contributed by atoms with van der Waals surface area (Å²) in [5.74, 6) is 0.282. The number of hydrogen-bond acceptors (Lipinski definition) is 8. The molecule has 0 atom stereocenters. The Bertz CT molecular complexity index is 898. The van der Waals surface area contributed by atoms with E-state index < -0.39 is 10.0 Å². The first-order valence-corrected chi connectivity index (χ1v) is 11.4. The third-order valence-corrected chi connectivity index (χ3v) is 8.60. The number of sulfonamides is 1. The molecular formula is C15H18N4O4S3. The summed E-state index contributed by atoms with van der Waals surface area (Å²) in [5, 5.41) is 12.3. The van der Waals surface area contributed by atoms with Gasteiger partial charge in [-0.15, -0.1) is 21.5 Å². The Hall–Kier alpha value is -1.40. The lowest BCUT2D eigenvalue weighted by Crippen LogP contribution is -2.40. The second-order valence-electron chi connectivity index (χ2n) is 6.18. The molecule has 0 radical (unpaired) electrons. The molecule has 140 valence electrons. The standard InChI is InChI=1S/C15H18N4O4S3/c20-12(16-15-18-17-14(25-15)10-1-2-10)9-11-3-4-13(24-11)26(21,22)19-5-7-23-8-6-19/h3-4,10H,1-2,5-9H2,(H,16,18,20). The second kappa shape index (κ2) is 7.31. The van der Waals surface area contributed by atoms with Crippen LogP contribution in [0.5, 0.6) is 0 Å². The van der Waals surface area contributed by atoms with Gasteiger partial charge in [0.1, 0.15) is 9.22 Å². The van der Waals surface area contributed by atoms with Gasteiger partial charge in [-0.25, -0.2) is 8.42 Å². The molecule has 1 N–H and O–H groups in total. The Morgan fingerprint density at radius 2 is 2.00 bits per heavy atom. The summed E-state index contributed by atoms with van der Waals surface area (Å²) in [6.07, 6.45) is 2.39. The maximum atomic E-state index is 12.6. The maximum absolute atomic E-state index is 12.6. The lowest BCUT2D eigenvalue weighted by Gasteiger charge is -2.25. The van der Waals surface area contributed by atoms with Crippen LogP contribution in [0.4, 0.5) is 5.13 Å². The highest BCUT2D eigenvalue weighted by Crippen LogP contribution is 2.42. The number of nitrogens with one attached hydrogen (secondary N) is 1. The third-order valence-electron chi connectivity index (χ3n) is 4.15. The number of amides is 1. The predicted octanol–water partition coefficient (Wildman–Crippen LogP) is 1.68. The Morgan fingerprint density at radius 3 is 2.73 bits per heavy atom. The van der Waals surface area contributed by atoms with Crippen molar-refractivity contribution in [3.05, 3.63) is 22.0 Å². The molecule has 4 rings (SSSR count). The van der Waals surface area contributed by atoms with E-state index in [2.05, 4.69) is 15.5 Å². The van der Waals surface area contributed by atoms with E-state index in [1.54, 1.807) is 12.1 Å². The third kappa shape index (κ3) is 3.96. The molecule has 0 bridgehead atoms. The van der Waals surface area contributed by atoms with E-state index in [-0.39, 0.29) is 16.5 Å². The van der Waals surface area contributed by atoms with Crippen molar-refractivity contribution in [1.82, 2.24) is 14.5 Å². The molecule has 8 nitrogen and oxygen atoms in total. The van der Waals surface area contributed by atoms with Gasteiger partial charge in [0.2, 0.25) is 11.0 Å². The zero-order valence-electron chi connectivity index (χ0n) is 13.9. The van der Waals surface area contributed by atoms with Gasteiger partial charge in [-0.3, -0.25) is 4.79 Å². The summed E-state index contributed by atoms with van der Waals surface area (Å²) >= 11 is 2.53. The number of thiophene rings is 1. The van der Waals surface area contributed by atoms with E-state index in [0.717, 1.165) is 29.2 Å². The first kappa shape index (κ1) is 18.0. The molecule has 11 heteroatoms. The van der Waals surface area contributed by atoms with E-state index in [1.807, 2.05) is 0 Å². The van der Waals surface area contributed by atoms with Crippen LogP contribution in [0.1, 0.15) is 28.6 Å². The van der Waals surface area contributed by atoms with E-state index in [0.29, 0.717) is 42.2 Å². The lowest BCUT2D eigenvalue weighted by atomic mass is 10.3. The van der Waals surface area contributed by atoms with Crippen molar-refractivity contribution in [2.75, 3.05) is 31.6 Å². The molecule has 2 aromatic rings. The van der Waals surface area contributed by atoms with Crippen molar-refractivity contribution < 1.29 is 17.9 Å². The van der Waals surface area contributed by atoms with Gasteiger partial charge in [0.15, 0.2) is 0 Å². The molecular weight excluding hydrogens is 396 g/mol. The lowest BCUT2D eigenvalue weighted by molar-refractivity contribution is -0.115. The van der Waals surface area contributed by atoms with Gasteiger partial charge in [0.25, 0.3) is 10.0 Å². The van der Waals surface area contributed by atoms with E-state index in [1.165, 1.54) is 15.6 Å². The van der Waals surface area contributed by atoms with Gasteiger partial charge < -0.3 is 10.1 Å². The zero-order valence-corrected chi connectivity index (χ0v) is 16.3. The molecule has 1 aliphatic heterocycles. The van der Waals surface area contributed by atoms with Crippen LogP contribution in [-0.4, -0.2) is 55.1 Å². The highest BCUT2D eigenvalue weighted by molar-refractivity contribution is 7.91. The molecule has 2 aliphatic rings. The second-order valence-corrected chi connectivity index (χ2v) is 10.5. The highest BCUT2D eigenvalue weighted by atomic mass is 32.2. The van der Waals surface area contributed by atoms with Crippen molar-refractivity contribution in [2.45, 2.75) is 29.4 Å². The summed E-state index contributed by atoms with van der Waals surface area (Å²) in [7, 11) is -3.52. The molecule has 1 saturated heterocycles. The van der Waals surface area contributed by atoms with Gasteiger partial charge in [0.05, 0.1) is 19.6 Å². The molecule has 3 heterocycles.